The van der Waals surface area contributed by atoms with E-state index in [4.69, 9.17) is 37.9 Å². The first kappa shape index (κ1) is 115. The number of hydrogen-bond donors (Lipinski definition) is 2. The zero-order chi connectivity index (χ0) is 107. The summed E-state index contributed by atoms with van der Waals surface area (Å²) in [6.07, 6.45) is 29.3. The van der Waals surface area contributed by atoms with Gasteiger partial charge in [-0.25, -0.2) is 0 Å². The second kappa shape index (κ2) is 39.6. The van der Waals surface area contributed by atoms with E-state index in [1.165, 1.54) is 32.1 Å². The van der Waals surface area contributed by atoms with Crippen molar-refractivity contribution >= 4 is 17.9 Å². The van der Waals surface area contributed by atoms with E-state index < -0.39 is 5.97 Å². The van der Waals surface area contributed by atoms with E-state index in [1.54, 1.807) is 16.7 Å². The largest absolute Gasteiger partial charge is 0.481 e. The van der Waals surface area contributed by atoms with Crippen LogP contribution in [0.1, 0.15) is 396 Å². The van der Waals surface area contributed by atoms with Crippen molar-refractivity contribution in [2.24, 2.45) is 215 Å². The fraction of sp³-hybridized carbons (Fsp3) is 0.841. The first-order chi connectivity index (χ1) is 67.1. The van der Waals surface area contributed by atoms with Crippen molar-refractivity contribution in [3.05, 3.63) is 107 Å². The van der Waals surface area contributed by atoms with Crippen LogP contribution in [-0.4, -0.2) is 113 Å². The Labute approximate surface area is 885 Å². The van der Waals surface area contributed by atoms with Crippen LogP contribution < -0.4 is 5.32 Å². The van der Waals surface area contributed by atoms with Gasteiger partial charge in [0, 0.05) is 38.0 Å². The third-order valence-electron chi connectivity index (χ3n) is 51.1. The van der Waals surface area contributed by atoms with Gasteiger partial charge in [0.1, 0.15) is 13.2 Å². The van der Waals surface area contributed by atoms with Crippen LogP contribution in [0.15, 0.2) is 95.6 Å². The molecule has 2 N–H and O–H groups in total. The number of benzene rings is 2. The van der Waals surface area contributed by atoms with Gasteiger partial charge >= 0.3 is 17.9 Å². The molecule has 818 valence electrons. The summed E-state index contributed by atoms with van der Waals surface area (Å²) in [6, 6.07) is 20.4. The molecule has 2 aromatic carbocycles. The van der Waals surface area contributed by atoms with Crippen LogP contribution >= 0.6 is 0 Å². The zero-order valence-corrected chi connectivity index (χ0v) is 99.8. The highest BCUT2D eigenvalue weighted by atomic mass is 16.5. The van der Waals surface area contributed by atoms with Gasteiger partial charge in [-0.05, 0) is 312 Å². The fourth-order valence-corrected chi connectivity index (χ4v) is 38.2. The van der Waals surface area contributed by atoms with Crippen molar-refractivity contribution in [1.29, 1.82) is 0 Å². The first-order valence-corrected chi connectivity index (χ1v) is 59.1. The minimum atomic E-state index is -0.583. The number of nitrogens with one attached hydrogen (secondary N) is 1. The van der Waals surface area contributed by atoms with Gasteiger partial charge in [0.05, 0.1) is 95.5 Å². The molecule has 0 spiro atoms. The number of rotatable bonds is 24. The normalized spacial score (nSPS) is 43.9. The predicted octanol–water partition coefficient (Wildman–Crippen LogP) is 31.7. The Morgan fingerprint density at radius 1 is 0.393 bits per heavy atom. The summed E-state index contributed by atoms with van der Waals surface area (Å²) in [7, 11) is 2.06. The molecule has 12 fully saturated rings. The molecule has 0 radical (unpaired) electrons. The summed E-state index contributed by atoms with van der Waals surface area (Å²) in [5, 5.41) is 14.6. The number of hydrogen-bond acceptors (Lipinski definition) is 12. The Hall–Kier alpha value is -4.21. The van der Waals surface area contributed by atoms with E-state index in [0.717, 1.165) is 154 Å². The maximum absolute atomic E-state index is 14.7. The number of esters is 2. The van der Waals surface area contributed by atoms with Gasteiger partial charge in [0.2, 0.25) is 0 Å². The Kier molecular flexibility index (Phi) is 31.4. The van der Waals surface area contributed by atoms with Crippen LogP contribution in [0.4, 0.5) is 0 Å². The van der Waals surface area contributed by atoms with Gasteiger partial charge in [-0.1, -0.05) is 352 Å². The van der Waals surface area contributed by atoms with Crippen LogP contribution in [0.25, 0.3) is 0 Å². The molecule has 2 aromatic rings. The van der Waals surface area contributed by atoms with Crippen molar-refractivity contribution < 1.29 is 57.4 Å². The third-order valence-corrected chi connectivity index (χ3v) is 51.1. The molecule has 15 aliphatic rings. The van der Waals surface area contributed by atoms with E-state index in [0.29, 0.717) is 109 Å². The molecule has 17 rings (SSSR count). The second-order valence-corrected chi connectivity index (χ2v) is 61.4. The Morgan fingerprint density at radius 3 is 0.979 bits per heavy atom. The average molecular weight is 2010 g/mol. The standard InChI is InChI=1S/C47H74O4.C46H72O4.C39H67NO4/c1-14-42(9,41(6,7)8)28-51-39-32(4)26-47-30-49-29-44(39,11)37(47)21-20-35-36(47)22-23-46(13)38(40(48)50-27-34-18-16-15-17-19-34)43(10,33(5)31(2)3)24-25-45(35,46)12;1-30(2)32(4)42(10)23-24-44(12)34-19-20-36-43(11)28-48-29-46(36,25-31(3)38(43)50-27-41(8,9)40(5,6)7)35(34)21-22-45(44,13)37(42)39(47)49-26-33-17-15-14-16-18-33;1-24(2)26(4)34(8)18-19-36(10)27-14-15-29-35(9)21-43-23-39(29,28(27)16-17-37(36,11)30(34)32(41)42)20-25(3)31(35)44-22-38(12,40-13)33(5,6)7/h15-19,22,31-33,35,37-39H,14,20-21,23-30H2,1-13H3;14-18,21,30-32,34,36-38H,19-20,22-29H2,1-13H3;16,24-27,29-31,40H,14-15,17-23H2,1-13H3,(H,41,42)/t32-,33-,35+,37+,38-,39+,42+,43-,44-,45-,46+,47+;31-,32-,34+,36+,37-,38+,42-,43-,44-,45+,46+;25-,26-,27+,29+,30-,31+,34-,35-,36-,37+,38+,39+/m111/s1. The maximum atomic E-state index is 14.7. The lowest BCUT2D eigenvalue weighted by Gasteiger charge is -2.71. The summed E-state index contributed by atoms with van der Waals surface area (Å²) in [5.74, 6) is 5.70. The Balaban J connectivity index is 0.000000164. The maximum Gasteiger partial charge on any atom is 0.310 e. The smallest absolute Gasteiger partial charge is 0.310 e. The summed E-state index contributed by atoms with van der Waals surface area (Å²) in [6.45, 7) is 98.5. The molecule has 0 amide bonds. The molecule has 6 bridgehead atoms. The topological polar surface area (TPSA) is 157 Å². The molecular formula is C132H213NO12. The molecule has 13 heteroatoms. The summed E-state index contributed by atoms with van der Waals surface area (Å²) < 4.78 is 54.2. The molecule has 145 heavy (non-hydrogen) atoms. The van der Waals surface area contributed by atoms with E-state index in [-0.39, 0.29) is 162 Å². The van der Waals surface area contributed by atoms with Gasteiger partial charge in [0.15, 0.2) is 0 Å². The van der Waals surface area contributed by atoms with Gasteiger partial charge < -0.3 is 48.3 Å². The number of ether oxygens (including phenoxy) is 8. The van der Waals surface area contributed by atoms with Crippen molar-refractivity contribution in [3.63, 3.8) is 0 Å². The third kappa shape index (κ3) is 17.9. The lowest BCUT2D eigenvalue weighted by Crippen LogP contribution is -2.69. The summed E-state index contributed by atoms with van der Waals surface area (Å²) >= 11 is 0. The highest BCUT2D eigenvalue weighted by Crippen LogP contribution is 2.81. The van der Waals surface area contributed by atoms with E-state index in [1.807, 2.05) is 36.4 Å². The predicted molar refractivity (Wildman–Crippen MR) is 593 cm³/mol. The monoisotopic (exact) mass is 2000 g/mol. The summed E-state index contributed by atoms with van der Waals surface area (Å²) in [5.41, 5.74) is 6.47. The van der Waals surface area contributed by atoms with Crippen molar-refractivity contribution in [3.8, 4) is 0 Å². The van der Waals surface area contributed by atoms with Gasteiger partial charge in [-0.2, -0.15) is 0 Å². The summed E-state index contributed by atoms with van der Waals surface area (Å²) in [4.78, 5) is 42.8. The lowest BCUT2D eigenvalue weighted by molar-refractivity contribution is -0.257. The van der Waals surface area contributed by atoms with E-state index >= 15 is 0 Å². The molecule has 0 aromatic heterocycles. The van der Waals surface area contributed by atoms with Crippen molar-refractivity contribution in [1.82, 2.24) is 5.32 Å². The number of carboxylic acids is 1. The van der Waals surface area contributed by atoms with Crippen LogP contribution in [0.5, 0.6) is 0 Å². The molecule has 0 unspecified atom stereocenters. The van der Waals surface area contributed by atoms with E-state index in [9.17, 15) is 19.5 Å². The van der Waals surface area contributed by atoms with Crippen LogP contribution in [-0.2, 0) is 65.5 Å². The van der Waals surface area contributed by atoms with Crippen LogP contribution in [0.2, 0.25) is 0 Å². The quantitative estimate of drug-likeness (QED) is 0.0757. The fourth-order valence-electron chi connectivity index (χ4n) is 38.2. The number of carbonyl (C=O) groups is 3. The molecule has 13 nitrogen and oxygen atoms in total. The van der Waals surface area contributed by atoms with Crippen molar-refractivity contribution in [2.75, 3.05) is 66.5 Å². The zero-order valence-electron chi connectivity index (χ0n) is 99.8. The van der Waals surface area contributed by atoms with Crippen LogP contribution in [0, 0.1) is 215 Å². The molecular weight excluding hydrogens is 1790 g/mol. The highest BCUT2D eigenvalue weighted by molar-refractivity contribution is 5.77. The Morgan fingerprint density at radius 2 is 0.697 bits per heavy atom. The molecule has 3 aliphatic heterocycles. The average Bonchev–Trinajstić information content (AvgIpc) is 0.675. The lowest BCUT2D eigenvalue weighted by atomic mass is 9.34. The SMILES string of the molecule is CC(C)[C@@H](C)[C@@]1(C)CC[C@]2(C)[C@H]3CC[C@@H]4[C@@]5(COC[C@@]4(C)[C@@H](OCC(C)(C)C(C)(C)C)[C@H](C)C5)C3=CC[C@@]2(C)[C@@H]1C(=O)OCc1ccccc1.CC[C@@](C)(CO[C@H]1[C@H](C)C[C@@]23COC[C@]1(C)[C@@H]2CC[C@H]1C3=CC[C@@]2(C)[C@H](C(=O)OCc3ccccc3)[C@@](C)([C@H](C)C(C)C)CC[C@]12C)C(C)(C)C.CN[C@@](C)(CO[C@H]1[C@H](C)C[C@@]23COC[C@]1(C)[C@@H]2CC[C@H]1C3=CC[C@@]2(C)[C@H](C(=O)O)[C@@](C)([C@H](C)C(C)C)CC[C@]12C)C(C)(C)C. The minimum Gasteiger partial charge on any atom is -0.481 e. The molecule has 35 atom stereocenters. The number of aliphatic carboxylic acids is 1. The highest BCUT2D eigenvalue weighted by Gasteiger charge is 2.77. The van der Waals surface area contributed by atoms with Crippen molar-refractivity contribution in [2.45, 2.75) is 422 Å². The molecule has 3 saturated heterocycles. The van der Waals surface area contributed by atoms with E-state index in [2.05, 4.69) is 318 Å². The van der Waals surface area contributed by atoms with Crippen LogP contribution in [0.3, 0.4) is 0 Å². The second-order valence-electron chi connectivity index (χ2n) is 61.4. The minimum absolute atomic E-state index is 0.00350. The number of likely N-dealkylation sites (N-methyl/N-ethyl adjacent to an activating group) is 1. The molecule has 12 aliphatic carbocycles. The molecule has 9 saturated carbocycles. The number of carboxylic acid groups (broad SMARTS) is 1. The van der Waals surface area contributed by atoms with Gasteiger partial charge in [0.25, 0.3) is 0 Å². The number of fused-ring (bicyclic) bond motifs is 9. The van der Waals surface area contributed by atoms with Gasteiger partial charge in [-0.15, -0.1) is 0 Å². The first-order valence-electron chi connectivity index (χ1n) is 59.1. The Bertz CT molecular complexity index is 5030. The number of carbonyl (C=O) groups excluding carboxylic acids is 2. The van der Waals surface area contributed by atoms with Gasteiger partial charge in [-0.3, -0.25) is 14.4 Å². The molecule has 3 heterocycles. The number of allylic oxidation sites excluding steroid dienone is 3.